The molecule has 4 aromatic rings. The number of halogens is 6. The van der Waals surface area contributed by atoms with Crippen molar-refractivity contribution in [3.05, 3.63) is 76.1 Å². The molecule has 0 radical (unpaired) electrons. The number of hydrogen-bond donors (Lipinski definition) is 2. The summed E-state index contributed by atoms with van der Waals surface area (Å²) in [4.78, 5) is 41.9. The van der Waals surface area contributed by atoms with Crippen LogP contribution in [0.1, 0.15) is 36.3 Å². The van der Waals surface area contributed by atoms with Crippen LogP contribution in [0.5, 0.6) is 0 Å². The highest BCUT2D eigenvalue weighted by molar-refractivity contribution is 7.86. The van der Waals surface area contributed by atoms with Crippen LogP contribution in [0.15, 0.2) is 42.5 Å². The van der Waals surface area contributed by atoms with Crippen molar-refractivity contribution in [3.8, 4) is 11.1 Å². The lowest BCUT2D eigenvalue weighted by Gasteiger charge is -2.24. The first kappa shape index (κ1) is 37.2. The lowest BCUT2D eigenvalue weighted by atomic mass is 9.93. The SMILES string of the molecule is CCc1ccc(-c2ccc(Cl)c3c(N(C(=O)N(C)CCC(=O)O)S(C)=O)nn(CC(F)(F)F)c23)c(C(Cc2cc(F)cc(F)c2)NC=O)n1. The Morgan fingerprint density at radius 2 is 1.78 bits per heavy atom. The van der Waals surface area contributed by atoms with Gasteiger partial charge in [-0.25, -0.2) is 17.8 Å². The first-order chi connectivity index (χ1) is 23.0. The second kappa shape index (κ2) is 15.3. The molecule has 2 heterocycles. The highest BCUT2D eigenvalue weighted by Crippen LogP contribution is 2.42. The van der Waals surface area contributed by atoms with Crippen LogP contribution in [0.3, 0.4) is 0 Å². The second-order valence-corrected chi connectivity index (χ2v) is 12.5. The van der Waals surface area contributed by atoms with Gasteiger partial charge >= 0.3 is 18.2 Å². The first-order valence-corrected chi connectivity index (χ1v) is 16.4. The van der Waals surface area contributed by atoms with Crippen LogP contribution < -0.4 is 9.62 Å². The van der Waals surface area contributed by atoms with Gasteiger partial charge < -0.3 is 15.3 Å². The highest BCUT2D eigenvalue weighted by atomic mass is 35.5. The van der Waals surface area contributed by atoms with Crippen LogP contribution in [0.25, 0.3) is 22.0 Å². The monoisotopic (exact) mass is 728 g/mol. The van der Waals surface area contributed by atoms with Crippen molar-refractivity contribution >= 4 is 57.7 Å². The molecule has 262 valence electrons. The molecular formula is C31H30ClF5N6O5S. The summed E-state index contributed by atoms with van der Waals surface area (Å²) in [5, 5.41) is 15.4. The Morgan fingerprint density at radius 1 is 1.12 bits per heavy atom. The van der Waals surface area contributed by atoms with Gasteiger partial charge in [0.1, 0.15) is 29.2 Å². The smallest absolute Gasteiger partial charge is 0.408 e. The molecular weight excluding hydrogens is 699 g/mol. The number of aryl methyl sites for hydroxylation is 1. The number of alkyl halides is 3. The molecule has 18 heteroatoms. The molecule has 49 heavy (non-hydrogen) atoms. The van der Waals surface area contributed by atoms with Crippen LogP contribution in [0.2, 0.25) is 5.02 Å². The fourth-order valence-electron chi connectivity index (χ4n) is 5.23. The van der Waals surface area contributed by atoms with Gasteiger partial charge in [-0.2, -0.15) is 22.6 Å². The maximum Gasteiger partial charge on any atom is 0.408 e. The normalized spacial score (nSPS) is 12.8. The number of urea groups is 1. The van der Waals surface area contributed by atoms with Crippen LogP contribution in [-0.2, 0) is 40.0 Å². The minimum atomic E-state index is -4.84. The van der Waals surface area contributed by atoms with Crippen LogP contribution >= 0.6 is 11.6 Å². The summed E-state index contributed by atoms with van der Waals surface area (Å²) >= 11 is 6.57. The molecule has 2 aromatic heterocycles. The summed E-state index contributed by atoms with van der Waals surface area (Å²) in [7, 11) is -1.01. The highest BCUT2D eigenvalue weighted by Gasteiger charge is 2.35. The summed E-state index contributed by atoms with van der Waals surface area (Å²) in [6.45, 7) is -0.190. The van der Waals surface area contributed by atoms with Crippen molar-refractivity contribution in [2.45, 2.75) is 44.9 Å². The number of amides is 3. The third-order valence-corrected chi connectivity index (χ3v) is 8.52. The van der Waals surface area contributed by atoms with Crippen molar-refractivity contribution in [2.75, 3.05) is 24.2 Å². The Bertz CT molecular complexity index is 1900. The molecule has 11 nitrogen and oxygen atoms in total. The van der Waals surface area contributed by atoms with Crippen LogP contribution in [-0.4, -0.2) is 73.4 Å². The first-order valence-electron chi connectivity index (χ1n) is 14.6. The zero-order valence-electron chi connectivity index (χ0n) is 26.2. The zero-order valence-corrected chi connectivity index (χ0v) is 27.8. The molecule has 2 atom stereocenters. The van der Waals surface area contributed by atoms with Crippen molar-refractivity contribution in [1.29, 1.82) is 0 Å². The number of fused-ring (bicyclic) bond motifs is 1. The molecule has 0 fully saturated rings. The number of aromatic nitrogens is 3. The summed E-state index contributed by atoms with van der Waals surface area (Å²) in [6, 6.07) is 6.66. The summed E-state index contributed by atoms with van der Waals surface area (Å²) in [5.74, 6) is -3.44. The van der Waals surface area contributed by atoms with Gasteiger partial charge in [0, 0.05) is 42.7 Å². The largest absolute Gasteiger partial charge is 0.481 e. The Balaban J connectivity index is 2.02. The second-order valence-electron chi connectivity index (χ2n) is 10.9. The Morgan fingerprint density at radius 3 is 2.35 bits per heavy atom. The van der Waals surface area contributed by atoms with Crippen LogP contribution in [0.4, 0.5) is 32.6 Å². The van der Waals surface area contributed by atoms with E-state index >= 15 is 0 Å². The van der Waals surface area contributed by atoms with Gasteiger partial charge in [0.25, 0.3) is 0 Å². The number of carbonyl (C=O) groups excluding carboxylic acids is 2. The van der Waals surface area contributed by atoms with E-state index in [0.717, 1.165) is 23.3 Å². The number of nitrogens with one attached hydrogen (secondary N) is 1. The number of rotatable bonds is 13. The average Bonchev–Trinajstić information content (AvgIpc) is 3.36. The zero-order chi connectivity index (χ0) is 36.2. The molecule has 4 rings (SSSR count). The van der Waals surface area contributed by atoms with Crippen molar-refractivity contribution in [3.63, 3.8) is 0 Å². The number of carbonyl (C=O) groups is 3. The number of carboxylic acids is 1. The summed E-state index contributed by atoms with van der Waals surface area (Å²) in [6.07, 6.45) is -3.62. The third-order valence-electron chi connectivity index (χ3n) is 7.36. The molecule has 0 saturated carbocycles. The van der Waals surface area contributed by atoms with E-state index in [4.69, 9.17) is 16.7 Å². The Kier molecular flexibility index (Phi) is 11.6. The Hall–Kier alpha value is -4.64. The van der Waals surface area contributed by atoms with Gasteiger partial charge in [0.05, 0.1) is 34.1 Å². The number of anilines is 1. The standard InChI is InChI=1S/C31H30ClF5N6O5S/c1-4-20-5-6-21(27(39-20)24(38-16-44)13-17-11-18(33)14-19(34)12-17)22-7-8-23(32)26-28(22)42(15-31(35,36)37)40-29(26)43(49(3)48)30(47)41(2)10-9-25(45)46/h5-8,11-12,14,16,24H,4,9-10,13,15H2,1-3H3,(H,38,44)(H,45,46). The number of nitrogens with zero attached hydrogens (tertiary/aromatic N) is 5. The van der Waals surface area contributed by atoms with Gasteiger partial charge in [-0.15, -0.1) is 0 Å². The van der Waals surface area contributed by atoms with E-state index in [-0.39, 0.29) is 51.3 Å². The summed E-state index contributed by atoms with van der Waals surface area (Å²) < 4.78 is 84.4. The molecule has 3 amide bonds. The lowest BCUT2D eigenvalue weighted by molar-refractivity contribution is -0.142. The lowest BCUT2D eigenvalue weighted by Crippen LogP contribution is -2.43. The molecule has 2 unspecified atom stereocenters. The van der Waals surface area contributed by atoms with Gasteiger partial charge in [0.15, 0.2) is 5.82 Å². The van der Waals surface area contributed by atoms with E-state index < -0.39 is 65.6 Å². The molecule has 2 aromatic carbocycles. The van der Waals surface area contributed by atoms with E-state index in [1.54, 1.807) is 19.1 Å². The maximum absolute atomic E-state index is 14.1. The van der Waals surface area contributed by atoms with Gasteiger partial charge in [-0.1, -0.05) is 30.7 Å². The molecule has 0 aliphatic rings. The van der Waals surface area contributed by atoms with E-state index in [1.165, 1.54) is 19.2 Å². The number of carboxylic acid groups (broad SMARTS) is 1. The predicted molar refractivity (Wildman–Crippen MR) is 172 cm³/mol. The minimum absolute atomic E-state index is 0.0733. The van der Waals surface area contributed by atoms with E-state index in [1.807, 2.05) is 0 Å². The Labute approximate surface area is 284 Å². The predicted octanol–water partition coefficient (Wildman–Crippen LogP) is 5.81. The summed E-state index contributed by atoms with van der Waals surface area (Å²) in [5.41, 5.74) is 0.859. The molecule has 0 saturated heterocycles. The molecule has 0 aliphatic heterocycles. The minimum Gasteiger partial charge on any atom is -0.481 e. The quantitative estimate of drug-likeness (QED) is 0.131. The van der Waals surface area contributed by atoms with Crippen molar-refractivity contribution < 1.29 is 45.7 Å². The number of hydrogen-bond acceptors (Lipinski definition) is 6. The van der Waals surface area contributed by atoms with Crippen LogP contribution in [0, 0.1) is 11.6 Å². The maximum atomic E-state index is 14.1. The van der Waals surface area contributed by atoms with Gasteiger partial charge in [0.2, 0.25) is 6.41 Å². The van der Waals surface area contributed by atoms with Crippen molar-refractivity contribution in [1.82, 2.24) is 25.0 Å². The number of aliphatic carboxylic acids is 1. The number of benzene rings is 2. The molecule has 2 N–H and O–H groups in total. The van der Waals surface area contributed by atoms with Gasteiger partial charge in [-0.3, -0.25) is 19.3 Å². The van der Waals surface area contributed by atoms with Crippen molar-refractivity contribution in [2.24, 2.45) is 0 Å². The molecule has 0 spiro atoms. The fourth-order valence-corrected chi connectivity index (χ4v) is 6.20. The third kappa shape index (κ3) is 8.70. The topological polar surface area (TPSA) is 138 Å². The van der Waals surface area contributed by atoms with E-state index in [0.29, 0.717) is 33.6 Å². The van der Waals surface area contributed by atoms with Gasteiger partial charge in [-0.05, 0) is 42.7 Å². The average molecular weight is 729 g/mol. The van der Waals surface area contributed by atoms with E-state index in [2.05, 4.69) is 15.4 Å². The van der Waals surface area contributed by atoms with E-state index in [9.17, 15) is 40.5 Å². The number of pyridine rings is 1. The molecule has 0 aliphatic carbocycles. The fraction of sp³-hybridized carbons (Fsp3) is 0.323. The molecule has 0 bridgehead atoms.